The Bertz CT molecular complexity index is 680. The Morgan fingerprint density at radius 2 is 1.78 bits per heavy atom. The highest BCUT2D eigenvalue weighted by Crippen LogP contribution is 2.40. The molecule has 4 heteroatoms. The molecule has 0 amide bonds. The lowest BCUT2D eigenvalue weighted by Gasteiger charge is -2.35. The number of thiophene rings is 1. The number of hydrogen-bond donors (Lipinski definition) is 0. The van der Waals surface area contributed by atoms with E-state index >= 15 is 0 Å². The van der Waals surface area contributed by atoms with Gasteiger partial charge in [-0.2, -0.15) is 0 Å². The molecule has 2 fully saturated rings. The molecule has 2 nitrogen and oxygen atoms in total. The number of benzene rings is 1. The second-order valence-electron chi connectivity index (χ2n) is 7.01. The van der Waals surface area contributed by atoms with E-state index in [0.717, 1.165) is 6.04 Å². The number of aryl methyl sites for hydroxylation is 2. The molecule has 3 heterocycles. The van der Waals surface area contributed by atoms with Gasteiger partial charge in [0.1, 0.15) is 0 Å². The zero-order valence-corrected chi connectivity index (χ0v) is 15.8. The van der Waals surface area contributed by atoms with Crippen molar-refractivity contribution in [2.24, 2.45) is 0 Å². The highest BCUT2D eigenvalue weighted by molar-refractivity contribution is 7.99. The van der Waals surface area contributed by atoms with Gasteiger partial charge in [0.05, 0.1) is 4.21 Å². The lowest BCUT2D eigenvalue weighted by molar-refractivity contribution is 0.173. The molecule has 2 aromatic rings. The SMILES string of the molecule is Cc1ccc2sc(SN3CCC(N4CCCC4)CC3)c(C)c2c1. The minimum Gasteiger partial charge on any atom is -0.300 e. The van der Waals surface area contributed by atoms with Gasteiger partial charge < -0.3 is 4.90 Å². The Balaban J connectivity index is 1.42. The summed E-state index contributed by atoms with van der Waals surface area (Å²) in [6.45, 7) is 9.63. The summed E-state index contributed by atoms with van der Waals surface area (Å²) in [7, 11) is 0. The van der Waals surface area contributed by atoms with Gasteiger partial charge >= 0.3 is 0 Å². The molecule has 2 aliphatic heterocycles. The summed E-state index contributed by atoms with van der Waals surface area (Å²) in [5, 5.41) is 1.45. The van der Waals surface area contributed by atoms with Gasteiger partial charge in [-0.05, 0) is 81.6 Å². The molecular formula is C19H26N2S2. The number of hydrogen-bond acceptors (Lipinski definition) is 4. The van der Waals surface area contributed by atoms with Crippen LogP contribution in [0.1, 0.15) is 36.8 Å². The summed E-state index contributed by atoms with van der Waals surface area (Å²) < 4.78 is 5.52. The van der Waals surface area contributed by atoms with Crippen molar-refractivity contribution in [3.8, 4) is 0 Å². The molecule has 0 bridgehead atoms. The van der Waals surface area contributed by atoms with E-state index in [4.69, 9.17) is 0 Å². The third-order valence-corrected chi connectivity index (χ3v) is 7.98. The quantitative estimate of drug-likeness (QED) is 0.715. The molecule has 0 atom stereocenters. The fraction of sp³-hybridized carbons (Fsp3) is 0.579. The molecule has 124 valence electrons. The molecule has 0 saturated carbocycles. The molecule has 2 saturated heterocycles. The topological polar surface area (TPSA) is 6.48 Å². The van der Waals surface area contributed by atoms with Crippen LogP contribution in [0.2, 0.25) is 0 Å². The monoisotopic (exact) mass is 346 g/mol. The van der Waals surface area contributed by atoms with E-state index in [2.05, 4.69) is 41.3 Å². The van der Waals surface area contributed by atoms with Gasteiger partial charge in [-0.3, -0.25) is 0 Å². The fourth-order valence-electron chi connectivity index (χ4n) is 3.92. The van der Waals surface area contributed by atoms with Crippen molar-refractivity contribution in [2.75, 3.05) is 26.2 Å². The van der Waals surface area contributed by atoms with Crippen LogP contribution in [-0.2, 0) is 0 Å². The predicted octanol–water partition coefficient (Wildman–Crippen LogP) is 5.09. The molecular weight excluding hydrogens is 320 g/mol. The average molecular weight is 347 g/mol. The van der Waals surface area contributed by atoms with Crippen LogP contribution in [0.4, 0.5) is 0 Å². The minimum atomic E-state index is 0.848. The van der Waals surface area contributed by atoms with Gasteiger partial charge in [-0.15, -0.1) is 11.3 Å². The zero-order valence-electron chi connectivity index (χ0n) is 14.2. The largest absolute Gasteiger partial charge is 0.300 e. The van der Waals surface area contributed by atoms with E-state index in [1.165, 1.54) is 77.3 Å². The number of rotatable bonds is 3. The van der Waals surface area contributed by atoms with Crippen LogP contribution < -0.4 is 0 Å². The van der Waals surface area contributed by atoms with Crippen molar-refractivity contribution >= 4 is 33.4 Å². The summed E-state index contributed by atoms with van der Waals surface area (Å²) in [5.74, 6) is 0. The van der Waals surface area contributed by atoms with E-state index in [-0.39, 0.29) is 0 Å². The van der Waals surface area contributed by atoms with Gasteiger partial charge in [0.15, 0.2) is 0 Å². The smallest absolute Gasteiger partial charge is 0.0795 e. The number of piperidine rings is 1. The number of likely N-dealkylation sites (tertiary alicyclic amines) is 1. The van der Waals surface area contributed by atoms with Crippen molar-refractivity contribution in [3.05, 3.63) is 29.3 Å². The van der Waals surface area contributed by atoms with Crippen molar-refractivity contribution in [1.82, 2.24) is 9.21 Å². The normalized spacial score (nSPS) is 21.5. The molecule has 0 spiro atoms. The summed E-state index contributed by atoms with van der Waals surface area (Å²) >= 11 is 3.96. The number of nitrogens with zero attached hydrogens (tertiary/aromatic N) is 2. The molecule has 0 unspecified atom stereocenters. The summed E-state index contributed by atoms with van der Waals surface area (Å²) in [6.07, 6.45) is 5.51. The van der Waals surface area contributed by atoms with Gasteiger partial charge in [0.2, 0.25) is 0 Å². The van der Waals surface area contributed by atoms with Crippen LogP contribution in [0.25, 0.3) is 10.1 Å². The van der Waals surface area contributed by atoms with E-state index in [0.29, 0.717) is 0 Å². The van der Waals surface area contributed by atoms with E-state index in [1.807, 2.05) is 23.3 Å². The molecule has 0 N–H and O–H groups in total. The average Bonchev–Trinajstić information content (AvgIpc) is 3.19. The highest BCUT2D eigenvalue weighted by Gasteiger charge is 2.27. The van der Waals surface area contributed by atoms with Crippen LogP contribution >= 0.6 is 23.3 Å². The zero-order chi connectivity index (χ0) is 15.8. The van der Waals surface area contributed by atoms with Crippen LogP contribution in [0.3, 0.4) is 0 Å². The van der Waals surface area contributed by atoms with E-state index in [9.17, 15) is 0 Å². The first-order valence-corrected chi connectivity index (χ1v) is 10.5. The Morgan fingerprint density at radius 1 is 1.04 bits per heavy atom. The van der Waals surface area contributed by atoms with E-state index in [1.54, 1.807) is 0 Å². The lowest BCUT2D eigenvalue weighted by atomic mass is 10.1. The maximum atomic E-state index is 2.73. The van der Waals surface area contributed by atoms with Crippen LogP contribution in [0.5, 0.6) is 0 Å². The Hall–Kier alpha value is -0.550. The summed E-state index contributed by atoms with van der Waals surface area (Å²) in [4.78, 5) is 2.73. The van der Waals surface area contributed by atoms with E-state index < -0.39 is 0 Å². The molecule has 0 aliphatic carbocycles. The van der Waals surface area contributed by atoms with Crippen molar-refractivity contribution in [2.45, 2.75) is 49.8 Å². The fourth-order valence-corrected chi connectivity index (χ4v) is 6.45. The predicted molar refractivity (Wildman–Crippen MR) is 103 cm³/mol. The molecule has 1 aromatic heterocycles. The molecule has 1 aromatic carbocycles. The summed E-state index contributed by atoms with van der Waals surface area (Å²) in [5.41, 5.74) is 2.83. The Kier molecular flexibility index (Phi) is 4.68. The van der Waals surface area contributed by atoms with Gasteiger partial charge in [0.25, 0.3) is 0 Å². The standard InChI is InChI=1S/C19H26N2S2/c1-14-5-6-18-17(13-14)15(2)19(22-18)23-21-11-7-16(8-12-21)20-9-3-4-10-20/h5-6,13,16H,3-4,7-12H2,1-2H3. The highest BCUT2D eigenvalue weighted by atomic mass is 32.2. The minimum absolute atomic E-state index is 0.848. The first kappa shape index (κ1) is 15.9. The van der Waals surface area contributed by atoms with Crippen LogP contribution in [0.15, 0.2) is 22.4 Å². The molecule has 0 radical (unpaired) electrons. The second-order valence-corrected chi connectivity index (χ2v) is 9.43. The van der Waals surface area contributed by atoms with Gasteiger partial charge in [-0.1, -0.05) is 17.7 Å². The van der Waals surface area contributed by atoms with Crippen LogP contribution in [-0.4, -0.2) is 41.4 Å². The lowest BCUT2D eigenvalue weighted by Crippen LogP contribution is -2.41. The van der Waals surface area contributed by atoms with Crippen molar-refractivity contribution in [1.29, 1.82) is 0 Å². The first-order chi connectivity index (χ1) is 11.2. The van der Waals surface area contributed by atoms with Gasteiger partial charge in [-0.25, -0.2) is 4.31 Å². The maximum absolute atomic E-state index is 2.73. The Morgan fingerprint density at radius 3 is 2.52 bits per heavy atom. The number of fused-ring (bicyclic) bond motifs is 1. The third kappa shape index (κ3) is 3.32. The molecule has 23 heavy (non-hydrogen) atoms. The molecule has 4 rings (SSSR count). The first-order valence-electron chi connectivity index (χ1n) is 8.87. The third-order valence-electron chi connectivity index (χ3n) is 5.34. The van der Waals surface area contributed by atoms with Crippen molar-refractivity contribution < 1.29 is 0 Å². The molecule has 2 aliphatic rings. The summed E-state index contributed by atoms with van der Waals surface area (Å²) in [6, 6.07) is 7.70. The van der Waals surface area contributed by atoms with Crippen molar-refractivity contribution in [3.63, 3.8) is 0 Å². The van der Waals surface area contributed by atoms with Gasteiger partial charge in [0, 0.05) is 23.8 Å². The Labute approximate surface area is 148 Å². The second kappa shape index (κ2) is 6.75. The maximum Gasteiger partial charge on any atom is 0.0795 e. The van der Waals surface area contributed by atoms with Crippen LogP contribution in [0, 0.1) is 13.8 Å².